The number of hydrogen-bond acceptors (Lipinski definition) is 8. The Kier molecular flexibility index (Phi) is 8.79. The quantitative estimate of drug-likeness (QED) is 0.239. The molecule has 1 aromatic heterocycles. The van der Waals surface area contributed by atoms with E-state index < -0.39 is 28.7 Å². The van der Waals surface area contributed by atoms with Crippen molar-refractivity contribution < 1.29 is 27.8 Å². The molecule has 214 valence electrons. The van der Waals surface area contributed by atoms with E-state index in [0.29, 0.717) is 22.1 Å². The summed E-state index contributed by atoms with van der Waals surface area (Å²) < 4.78 is 38.8. The monoisotopic (exact) mass is 599 g/mol. The largest absolute Gasteiger partial charge is 0.465 e. The number of benzene rings is 2. The van der Waals surface area contributed by atoms with Crippen molar-refractivity contribution in [2.75, 3.05) is 13.7 Å². The molecule has 0 spiro atoms. The second-order valence-electron chi connectivity index (χ2n) is 9.82. The number of ether oxygens (including phenoxy) is 2. The zero-order valence-electron chi connectivity index (χ0n) is 22.5. The second kappa shape index (κ2) is 12.5. The van der Waals surface area contributed by atoms with E-state index in [4.69, 9.17) is 26.1 Å². The Morgan fingerprint density at radius 1 is 1.05 bits per heavy atom. The average molecular weight is 600 g/mol. The molecule has 2 heterocycles. The third-order valence-electron chi connectivity index (χ3n) is 7.50. The Labute approximate surface area is 245 Å². The van der Waals surface area contributed by atoms with Gasteiger partial charge in [0, 0.05) is 22.8 Å². The Morgan fingerprint density at radius 2 is 1.76 bits per heavy atom. The van der Waals surface area contributed by atoms with E-state index in [-0.39, 0.29) is 35.5 Å². The summed E-state index contributed by atoms with van der Waals surface area (Å²) in [5.74, 6) is -2.62. The van der Waals surface area contributed by atoms with Crippen LogP contribution < -0.4 is 5.32 Å². The van der Waals surface area contributed by atoms with Gasteiger partial charge in [0.25, 0.3) is 0 Å². The van der Waals surface area contributed by atoms with Crippen molar-refractivity contribution >= 4 is 40.7 Å². The van der Waals surface area contributed by atoms with E-state index in [2.05, 4.69) is 10.3 Å². The molecule has 0 radical (unpaired) electrons. The smallest absolute Gasteiger partial charge is 0.338 e. The summed E-state index contributed by atoms with van der Waals surface area (Å²) in [6, 6.07) is 8.76. The van der Waals surface area contributed by atoms with E-state index >= 15 is 0 Å². The van der Waals surface area contributed by atoms with Gasteiger partial charge in [-0.1, -0.05) is 29.8 Å². The van der Waals surface area contributed by atoms with Crippen LogP contribution in [0.25, 0.3) is 0 Å². The van der Waals surface area contributed by atoms with Crippen LogP contribution in [0.1, 0.15) is 71.1 Å². The zero-order chi connectivity index (χ0) is 29.1. The van der Waals surface area contributed by atoms with Crippen LogP contribution in [0, 0.1) is 17.6 Å². The molecular weight excluding hydrogens is 572 g/mol. The number of carbonyl (C=O) groups excluding carboxylic acids is 2. The molecule has 1 saturated carbocycles. The van der Waals surface area contributed by atoms with Gasteiger partial charge in [0.1, 0.15) is 6.04 Å². The number of halogens is 3. The normalized spacial score (nSPS) is 20.7. The third kappa shape index (κ3) is 5.90. The van der Waals surface area contributed by atoms with Gasteiger partial charge in [-0.2, -0.15) is 0 Å². The molecule has 2 aromatic carbocycles. The number of carbonyl (C=O) groups is 2. The van der Waals surface area contributed by atoms with Crippen molar-refractivity contribution in [1.29, 1.82) is 0 Å². The number of nitrogens with one attached hydrogen (secondary N) is 1. The highest BCUT2D eigenvalue weighted by molar-refractivity contribution is 7.11. The number of rotatable bonds is 7. The maximum atomic E-state index is 14.6. The van der Waals surface area contributed by atoms with Crippen molar-refractivity contribution in [1.82, 2.24) is 10.3 Å². The molecule has 1 N–H and O–H groups in total. The van der Waals surface area contributed by atoms with E-state index in [1.54, 1.807) is 30.6 Å². The van der Waals surface area contributed by atoms with Crippen LogP contribution in [0.4, 0.5) is 8.78 Å². The maximum Gasteiger partial charge on any atom is 0.338 e. The molecule has 3 aromatic rings. The summed E-state index contributed by atoms with van der Waals surface area (Å²) in [7, 11) is 1.35. The molecule has 41 heavy (non-hydrogen) atoms. The summed E-state index contributed by atoms with van der Waals surface area (Å²) in [5, 5.41) is 5.32. The first-order chi connectivity index (χ1) is 19.8. The number of allylic oxidation sites excluding steroid dienone is 1. The van der Waals surface area contributed by atoms with Crippen molar-refractivity contribution in [2.45, 2.75) is 44.6 Å². The van der Waals surface area contributed by atoms with E-state index in [0.717, 1.165) is 37.3 Å². The number of thiazole rings is 1. The van der Waals surface area contributed by atoms with Gasteiger partial charge in [-0.3, -0.25) is 4.99 Å². The van der Waals surface area contributed by atoms with Gasteiger partial charge < -0.3 is 14.8 Å². The van der Waals surface area contributed by atoms with Crippen LogP contribution in [0.15, 0.2) is 64.2 Å². The average Bonchev–Trinajstić information content (AvgIpc) is 3.55. The fraction of sp³-hybridized carbons (Fsp3) is 0.333. The van der Waals surface area contributed by atoms with Crippen molar-refractivity contribution in [3.8, 4) is 0 Å². The van der Waals surface area contributed by atoms with Gasteiger partial charge in [0.2, 0.25) is 0 Å². The zero-order valence-corrected chi connectivity index (χ0v) is 24.0. The van der Waals surface area contributed by atoms with Crippen LogP contribution in [0.3, 0.4) is 0 Å². The lowest BCUT2D eigenvalue weighted by Gasteiger charge is -2.35. The summed E-state index contributed by atoms with van der Waals surface area (Å²) in [4.78, 5) is 34.4. The maximum absolute atomic E-state index is 14.6. The molecule has 1 fully saturated rings. The minimum Gasteiger partial charge on any atom is -0.465 e. The molecule has 0 amide bonds. The van der Waals surface area contributed by atoms with Gasteiger partial charge >= 0.3 is 11.9 Å². The molecule has 7 nitrogen and oxygen atoms in total. The fourth-order valence-electron chi connectivity index (χ4n) is 5.47. The predicted octanol–water partition coefficient (Wildman–Crippen LogP) is 6.74. The molecule has 0 bridgehead atoms. The van der Waals surface area contributed by atoms with Crippen LogP contribution in [-0.2, 0) is 14.3 Å². The first-order valence-electron chi connectivity index (χ1n) is 13.3. The summed E-state index contributed by atoms with van der Waals surface area (Å²) in [6.45, 7) is 1.83. The van der Waals surface area contributed by atoms with Gasteiger partial charge in [-0.25, -0.2) is 23.4 Å². The highest BCUT2D eigenvalue weighted by atomic mass is 35.5. The van der Waals surface area contributed by atoms with Crippen LogP contribution in [0.5, 0.6) is 0 Å². The van der Waals surface area contributed by atoms with Crippen molar-refractivity contribution in [3.05, 3.63) is 97.6 Å². The number of aliphatic imine (C=N–C) groups is 1. The topological polar surface area (TPSA) is 89.9 Å². The minimum atomic E-state index is -1.20. The predicted molar refractivity (Wildman–Crippen MR) is 152 cm³/mol. The van der Waals surface area contributed by atoms with Crippen molar-refractivity contribution in [3.63, 3.8) is 0 Å². The lowest BCUT2D eigenvalue weighted by atomic mass is 9.75. The molecule has 1 unspecified atom stereocenters. The fourth-order valence-corrected chi connectivity index (χ4v) is 6.32. The highest BCUT2D eigenvalue weighted by Crippen LogP contribution is 2.44. The molecule has 1 atom stereocenters. The summed E-state index contributed by atoms with van der Waals surface area (Å²) in [5.41, 5.74) is 2.65. The lowest BCUT2D eigenvalue weighted by Crippen LogP contribution is -2.38. The number of hydrogen-bond donors (Lipinski definition) is 1. The number of esters is 2. The lowest BCUT2D eigenvalue weighted by molar-refractivity contribution is -0.139. The van der Waals surface area contributed by atoms with Gasteiger partial charge in [0.15, 0.2) is 22.5 Å². The first kappa shape index (κ1) is 28.9. The van der Waals surface area contributed by atoms with Crippen LogP contribution >= 0.6 is 22.9 Å². The van der Waals surface area contributed by atoms with Gasteiger partial charge in [-0.05, 0) is 68.2 Å². The van der Waals surface area contributed by atoms with Crippen LogP contribution in [0.2, 0.25) is 5.02 Å². The van der Waals surface area contributed by atoms with Crippen LogP contribution in [-0.4, -0.2) is 36.5 Å². The number of methoxy groups -OCH3 is 1. The van der Waals surface area contributed by atoms with E-state index in [1.807, 2.05) is 12.1 Å². The summed E-state index contributed by atoms with van der Waals surface area (Å²) in [6.07, 6.45) is 4.81. The second-order valence-corrected chi connectivity index (χ2v) is 11.1. The minimum absolute atomic E-state index is 0.0583. The first-order valence-corrected chi connectivity index (χ1v) is 14.6. The molecule has 2 aliphatic rings. The number of aromatic nitrogens is 1. The molecular formula is C30H28ClF2N3O4S. The van der Waals surface area contributed by atoms with E-state index in [1.165, 1.54) is 24.5 Å². The molecule has 1 aliphatic carbocycles. The van der Waals surface area contributed by atoms with Gasteiger partial charge in [-0.15, -0.1) is 11.3 Å². The third-order valence-corrected chi connectivity index (χ3v) is 8.67. The summed E-state index contributed by atoms with van der Waals surface area (Å²) >= 11 is 7.65. The Bertz CT molecular complexity index is 1500. The molecule has 0 saturated heterocycles. The molecule has 11 heteroatoms. The molecule has 5 rings (SSSR count). The number of nitrogens with zero attached hydrogens (tertiary/aromatic N) is 2. The standard InChI is InChI=1S/C30H28ClF2N3O4S/c1-3-40-30(38)22-25(18-8-4-16(5-9-18)17-6-10-19(11-7-17)29(37)39-2)35-27(28-34-14-15-41-28)36-26(22)20-12-13-21(32)24(33)23(20)31/h6-7,10-16,18,26H,3-5,8-9H2,1-2H3,(H,35,36). The number of amidine groups is 1. The SMILES string of the molecule is CCOC(=O)C1=C(C2CCC(c3ccc(C(=O)OC)cc3)CC2)NC(c2nccs2)=NC1c1ccc(F)c(F)c1Cl. The van der Waals surface area contributed by atoms with Gasteiger partial charge in [0.05, 0.1) is 29.9 Å². The Morgan fingerprint density at radius 3 is 2.39 bits per heavy atom. The van der Waals surface area contributed by atoms with Crippen molar-refractivity contribution in [2.24, 2.45) is 10.9 Å². The Balaban J connectivity index is 1.50. The highest BCUT2D eigenvalue weighted by Gasteiger charge is 2.38. The van der Waals surface area contributed by atoms with E-state index in [9.17, 15) is 18.4 Å². The Hall–Kier alpha value is -3.63. The molecule has 1 aliphatic heterocycles.